The van der Waals surface area contributed by atoms with Gasteiger partial charge in [-0.3, -0.25) is 0 Å². The van der Waals surface area contributed by atoms with E-state index in [1.165, 1.54) is 0 Å². The Morgan fingerprint density at radius 3 is 2.00 bits per heavy atom. The molecule has 0 heterocycles. The van der Waals surface area contributed by atoms with Crippen molar-refractivity contribution in [3.8, 4) is 12.3 Å². The maximum atomic E-state index is 5.39. The number of rotatable bonds is 6. The molecule has 0 saturated carbocycles. The molecule has 0 aromatic carbocycles. The number of hydrogen-bond donors (Lipinski definition) is 0. The molecular formula is C10H18O3. The van der Waals surface area contributed by atoms with Crippen molar-refractivity contribution >= 4 is 0 Å². The van der Waals surface area contributed by atoms with E-state index in [2.05, 4.69) is 5.92 Å². The normalized spacial score (nSPS) is 11.7. The van der Waals surface area contributed by atoms with Gasteiger partial charge >= 0.3 is 0 Å². The van der Waals surface area contributed by atoms with Gasteiger partial charge in [-0.2, -0.15) is 0 Å². The fourth-order valence-corrected chi connectivity index (χ4v) is 0.663. The summed E-state index contributed by atoms with van der Waals surface area (Å²) in [4.78, 5) is 0. The Morgan fingerprint density at radius 1 is 1.23 bits per heavy atom. The highest BCUT2D eigenvalue weighted by Crippen LogP contribution is 2.12. The molecule has 0 atom stereocenters. The molecule has 0 bridgehead atoms. The second kappa shape index (κ2) is 5.98. The second-order valence-corrected chi connectivity index (χ2v) is 2.97. The molecule has 3 heteroatoms. The lowest BCUT2D eigenvalue weighted by atomic mass is 10.2. The molecule has 3 nitrogen and oxygen atoms in total. The summed E-state index contributed by atoms with van der Waals surface area (Å²) in [6, 6.07) is 0. The minimum Gasteiger partial charge on any atom is -0.330 e. The lowest BCUT2D eigenvalue weighted by molar-refractivity contribution is -0.309. The molecule has 0 saturated heterocycles. The molecule has 0 N–H and O–H groups in total. The van der Waals surface area contributed by atoms with Crippen LogP contribution in [0.15, 0.2) is 0 Å². The summed E-state index contributed by atoms with van der Waals surface area (Å²) in [6.45, 7) is 7.73. The van der Waals surface area contributed by atoms with Crippen molar-refractivity contribution in [1.82, 2.24) is 0 Å². The van der Waals surface area contributed by atoms with Crippen LogP contribution in [0.4, 0.5) is 0 Å². The monoisotopic (exact) mass is 186 g/mol. The summed E-state index contributed by atoms with van der Waals surface area (Å²) >= 11 is 0. The van der Waals surface area contributed by atoms with E-state index >= 15 is 0 Å². The van der Waals surface area contributed by atoms with Crippen LogP contribution in [0.3, 0.4) is 0 Å². The van der Waals surface area contributed by atoms with Crippen LogP contribution < -0.4 is 0 Å². The predicted molar refractivity (Wildman–Crippen MR) is 51.0 cm³/mol. The van der Waals surface area contributed by atoms with Gasteiger partial charge in [0.05, 0.1) is 0 Å². The molecule has 0 aromatic heterocycles. The van der Waals surface area contributed by atoms with Crippen molar-refractivity contribution in [3.63, 3.8) is 0 Å². The van der Waals surface area contributed by atoms with Gasteiger partial charge in [0.25, 0.3) is 6.48 Å². The van der Waals surface area contributed by atoms with Gasteiger partial charge in [0.2, 0.25) is 0 Å². The van der Waals surface area contributed by atoms with Crippen LogP contribution in [0.5, 0.6) is 0 Å². The zero-order chi connectivity index (χ0) is 10.3. The molecule has 0 amide bonds. The quantitative estimate of drug-likeness (QED) is 0.467. The van der Waals surface area contributed by atoms with E-state index in [4.69, 9.17) is 20.6 Å². The lowest BCUT2D eigenvalue weighted by Gasteiger charge is -2.25. The Balaban J connectivity index is 4.02. The summed E-state index contributed by atoms with van der Waals surface area (Å²) < 4.78 is 15.7. The van der Waals surface area contributed by atoms with Crippen LogP contribution in [-0.2, 0) is 14.2 Å². The summed E-state index contributed by atoms with van der Waals surface area (Å²) in [5, 5.41) is 0. The fourth-order valence-electron chi connectivity index (χ4n) is 0.663. The number of ether oxygens (including phenoxy) is 3. The first kappa shape index (κ1) is 12.4. The number of hydrogen-bond acceptors (Lipinski definition) is 3. The van der Waals surface area contributed by atoms with Crippen molar-refractivity contribution in [3.05, 3.63) is 0 Å². The molecule has 0 unspecified atom stereocenters. The third-order valence-corrected chi connectivity index (χ3v) is 1.34. The van der Waals surface area contributed by atoms with Gasteiger partial charge in [0.15, 0.2) is 0 Å². The van der Waals surface area contributed by atoms with Gasteiger partial charge in [0, 0.05) is 13.2 Å². The van der Waals surface area contributed by atoms with Gasteiger partial charge in [-0.15, -0.1) is 6.42 Å². The first-order valence-electron chi connectivity index (χ1n) is 4.44. The third kappa shape index (κ3) is 5.64. The van der Waals surface area contributed by atoms with Gasteiger partial charge in [-0.1, -0.05) is 5.92 Å². The highest BCUT2D eigenvalue weighted by Gasteiger charge is 2.21. The molecular weight excluding hydrogens is 168 g/mol. The maximum Gasteiger partial charge on any atom is 0.273 e. The van der Waals surface area contributed by atoms with E-state index in [-0.39, 0.29) is 0 Å². The Hall–Kier alpha value is -0.560. The van der Waals surface area contributed by atoms with Crippen molar-refractivity contribution in [2.75, 3.05) is 13.2 Å². The third-order valence-electron chi connectivity index (χ3n) is 1.34. The zero-order valence-electron chi connectivity index (χ0n) is 8.79. The van der Waals surface area contributed by atoms with Crippen molar-refractivity contribution in [2.24, 2.45) is 0 Å². The molecule has 13 heavy (non-hydrogen) atoms. The predicted octanol–water partition coefficient (Wildman–Crippen LogP) is 1.77. The topological polar surface area (TPSA) is 27.7 Å². The van der Waals surface area contributed by atoms with Gasteiger partial charge in [-0.05, 0) is 27.7 Å². The van der Waals surface area contributed by atoms with Gasteiger partial charge in [0.1, 0.15) is 5.60 Å². The van der Waals surface area contributed by atoms with Crippen molar-refractivity contribution in [1.29, 1.82) is 0 Å². The van der Waals surface area contributed by atoms with Gasteiger partial charge < -0.3 is 14.2 Å². The largest absolute Gasteiger partial charge is 0.330 e. The van der Waals surface area contributed by atoms with E-state index in [9.17, 15) is 0 Å². The van der Waals surface area contributed by atoms with Gasteiger partial charge in [-0.25, -0.2) is 0 Å². The SMILES string of the molecule is C#CC(C)(C)OC(OCC)OCC. The summed E-state index contributed by atoms with van der Waals surface area (Å²) in [5.41, 5.74) is -0.658. The standard InChI is InChI=1S/C10H18O3/c1-6-10(4,5)13-9(11-7-2)12-8-3/h1,9H,7-8H2,2-5H3. The maximum absolute atomic E-state index is 5.39. The molecule has 0 rings (SSSR count). The highest BCUT2D eigenvalue weighted by atomic mass is 16.8. The molecule has 0 radical (unpaired) electrons. The van der Waals surface area contributed by atoms with Crippen LogP contribution in [0.25, 0.3) is 0 Å². The molecule has 0 aliphatic rings. The Morgan fingerprint density at radius 2 is 1.69 bits per heavy atom. The van der Waals surface area contributed by atoms with Crippen LogP contribution in [0.2, 0.25) is 0 Å². The van der Waals surface area contributed by atoms with Crippen LogP contribution in [0, 0.1) is 12.3 Å². The van der Waals surface area contributed by atoms with E-state index in [0.717, 1.165) is 0 Å². The van der Waals surface area contributed by atoms with Crippen LogP contribution in [-0.4, -0.2) is 25.3 Å². The average molecular weight is 186 g/mol. The molecule has 0 fully saturated rings. The first-order valence-corrected chi connectivity index (χ1v) is 4.44. The molecule has 0 aliphatic heterocycles. The van der Waals surface area contributed by atoms with E-state index in [1.54, 1.807) is 13.8 Å². The average Bonchev–Trinajstić information content (AvgIpc) is 2.05. The van der Waals surface area contributed by atoms with Crippen LogP contribution >= 0.6 is 0 Å². The Kier molecular flexibility index (Phi) is 5.72. The molecule has 0 aliphatic carbocycles. The van der Waals surface area contributed by atoms with Crippen molar-refractivity contribution < 1.29 is 14.2 Å². The fraction of sp³-hybridized carbons (Fsp3) is 0.800. The first-order chi connectivity index (χ1) is 6.05. The van der Waals surface area contributed by atoms with E-state index < -0.39 is 12.1 Å². The number of terminal acetylenes is 1. The Bertz CT molecular complexity index is 163. The van der Waals surface area contributed by atoms with Crippen molar-refractivity contribution in [2.45, 2.75) is 39.8 Å². The zero-order valence-corrected chi connectivity index (χ0v) is 8.79. The summed E-state index contributed by atoms with van der Waals surface area (Å²) in [5.74, 6) is 2.51. The molecule has 0 spiro atoms. The second-order valence-electron chi connectivity index (χ2n) is 2.97. The van der Waals surface area contributed by atoms with E-state index in [0.29, 0.717) is 13.2 Å². The summed E-state index contributed by atoms with van der Waals surface area (Å²) in [6.07, 6.45) is 5.26. The minimum atomic E-state index is -0.666. The van der Waals surface area contributed by atoms with E-state index in [1.807, 2.05) is 13.8 Å². The summed E-state index contributed by atoms with van der Waals surface area (Å²) in [7, 11) is 0. The smallest absolute Gasteiger partial charge is 0.273 e. The Labute approximate surface area is 80.4 Å². The van der Waals surface area contributed by atoms with Crippen LogP contribution in [0.1, 0.15) is 27.7 Å². The highest BCUT2D eigenvalue weighted by molar-refractivity contribution is 5.02. The molecule has 0 aromatic rings. The molecule has 76 valence electrons. The lowest BCUT2D eigenvalue weighted by Crippen LogP contribution is -2.32. The minimum absolute atomic E-state index is 0.533.